The Morgan fingerprint density at radius 3 is 0.900 bits per heavy atom. The summed E-state index contributed by atoms with van der Waals surface area (Å²) in [5, 5.41) is 0. The Morgan fingerprint density at radius 2 is 0.650 bits per heavy atom. The minimum absolute atomic E-state index is 0. The zero-order chi connectivity index (χ0) is 12.9. The largest absolute Gasteiger partial charge is 0.147 e. The van der Waals surface area contributed by atoms with Gasteiger partial charge < -0.3 is 0 Å². The minimum Gasteiger partial charge on any atom is -0.147 e. The molecule has 0 unspecified atom stereocenters. The molecule has 3 aliphatic rings. The van der Waals surface area contributed by atoms with Gasteiger partial charge in [-0.3, -0.25) is 0 Å². The Morgan fingerprint density at radius 1 is 0.400 bits per heavy atom. The summed E-state index contributed by atoms with van der Waals surface area (Å²) in [5.74, 6) is 0. The van der Waals surface area contributed by atoms with Gasteiger partial charge >= 0.3 is 0 Å². The molecule has 0 aromatic carbocycles. The van der Waals surface area contributed by atoms with Gasteiger partial charge in [-0.25, -0.2) is 0 Å². The molecule has 0 aromatic heterocycles. The number of hydrogen-bond donors (Lipinski definition) is 0. The molecule has 118 valence electrons. The van der Waals surface area contributed by atoms with E-state index in [1.807, 2.05) is 0 Å². The lowest BCUT2D eigenvalue weighted by atomic mass is 9.99. The number of halogens is 1. The molecule has 0 aromatic rings. The predicted molar refractivity (Wildman–Crippen MR) is 94.8 cm³/mol. The third-order valence-corrected chi connectivity index (χ3v) is 10.1. The van der Waals surface area contributed by atoms with E-state index in [1.165, 1.54) is 36.2 Å². The highest BCUT2D eigenvalue weighted by Crippen LogP contribution is 2.61. The molecule has 3 aliphatic carbocycles. The van der Waals surface area contributed by atoms with Crippen molar-refractivity contribution in [1.29, 1.82) is 0 Å². The maximum atomic E-state index is 1.61. The summed E-state index contributed by atoms with van der Waals surface area (Å²) in [6.07, 6.45) is 23.6. The van der Waals surface area contributed by atoms with Crippen LogP contribution in [0.4, 0.5) is 0 Å². The molecule has 0 spiro atoms. The van der Waals surface area contributed by atoms with Crippen LogP contribution in [0, 0.1) is 0 Å². The van der Waals surface area contributed by atoms with E-state index in [-0.39, 0.29) is 12.4 Å². The highest BCUT2D eigenvalue weighted by Gasteiger charge is 2.36. The number of rotatable bonds is 3. The van der Waals surface area contributed by atoms with Crippen LogP contribution in [-0.4, -0.2) is 17.0 Å². The number of hydrogen-bond acceptors (Lipinski definition) is 0. The lowest BCUT2D eigenvalue weighted by molar-refractivity contribution is 0.460. The van der Waals surface area contributed by atoms with Gasteiger partial charge in [0.05, 0.1) is 0 Å². The van der Waals surface area contributed by atoms with Gasteiger partial charge in [-0.2, -0.15) is 0 Å². The first-order valence-electron chi connectivity index (χ1n) is 9.22. The van der Waals surface area contributed by atoms with Crippen LogP contribution in [-0.2, 0) is 0 Å². The molecule has 0 aliphatic heterocycles. The minimum atomic E-state index is 0. The summed E-state index contributed by atoms with van der Waals surface area (Å²) in [4.78, 5) is 0. The van der Waals surface area contributed by atoms with Crippen LogP contribution < -0.4 is 0 Å². The SMILES string of the molecule is C1CCC(P(C2CCCCC2)C2CCCCC2)CC1.Cl. The molecule has 20 heavy (non-hydrogen) atoms. The Labute approximate surface area is 134 Å². The molecular formula is C18H34ClP. The van der Waals surface area contributed by atoms with Gasteiger partial charge in [-0.05, 0) is 55.5 Å². The van der Waals surface area contributed by atoms with Crippen LogP contribution in [0.25, 0.3) is 0 Å². The molecule has 0 bridgehead atoms. The summed E-state index contributed by atoms with van der Waals surface area (Å²) in [7, 11) is 0.385. The van der Waals surface area contributed by atoms with E-state index in [0.29, 0.717) is 7.92 Å². The summed E-state index contributed by atoms with van der Waals surface area (Å²) >= 11 is 0. The Hall–Kier alpha value is 0.720. The second kappa shape index (κ2) is 8.99. The maximum absolute atomic E-state index is 1.61. The van der Waals surface area contributed by atoms with Crippen LogP contribution in [0.1, 0.15) is 96.3 Å². The van der Waals surface area contributed by atoms with E-state index in [4.69, 9.17) is 0 Å². The molecule has 0 saturated heterocycles. The van der Waals surface area contributed by atoms with Gasteiger partial charge in [0.25, 0.3) is 0 Å². The summed E-state index contributed by atoms with van der Waals surface area (Å²) in [5.41, 5.74) is 3.57. The molecule has 0 heterocycles. The highest BCUT2D eigenvalue weighted by molar-refractivity contribution is 7.59. The second-order valence-corrected chi connectivity index (χ2v) is 10.4. The molecule has 0 amide bonds. The van der Waals surface area contributed by atoms with Crippen LogP contribution in [0.5, 0.6) is 0 Å². The summed E-state index contributed by atoms with van der Waals surface area (Å²) in [6, 6.07) is 0. The first kappa shape index (κ1) is 17.1. The zero-order valence-corrected chi connectivity index (χ0v) is 14.9. The van der Waals surface area contributed by atoms with Crippen molar-refractivity contribution in [3.63, 3.8) is 0 Å². The first-order valence-corrected chi connectivity index (χ1v) is 10.8. The summed E-state index contributed by atoms with van der Waals surface area (Å²) < 4.78 is 0. The van der Waals surface area contributed by atoms with Gasteiger partial charge in [0.2, 0.25) is 0 Å². The second-order valence-electron chi connectivity index (χ2n) is 7.32. The predicted octanol–water partition coefficient (Wildman–Crippen LogP) is 6.89. The van der Waals surface area contributed by atoms with E-state index >= 15 is 0 Å². The van der Waals surface area contributed by atoms with E-state index in [0.717, 1.165) is 0 Å². The lowest BCUT2D eigenvalue weighted by Gasteiger charge is -2.44. The lowest BCUT2D eigenvalue weighted by Crippen LogP contribution is -2.28. The Balaban J connectivity index is 0.00000147. The van der Waals surface area contributed by atoms with Crippen LogP contribution >= 0.6 is 20.3 Å². The molecule has 3 fully saturated rings. The fourth-order valence-corrected chi connectivity index (χ4v) is 9.71. The first-order chi connectivity index (χ1) is 9.45. The van der Waals surface area contributed by atoms with E-state index in [2.05, 4.69) is 0 Å². The van der Waals surface area contributed by atoms with E-state index in [9.17, 15) is 0 Å². The monoisotopic (exact) mass is 316 g/mol. The van der Waals surface area contributed by atoms with Crippen molar-refractivity contribution in [3.8, 4) is 0 Å². The standard InChI is InChI=1S/C18H33P.ClH/c1-4-10-16(11-5-1)19(17-12-6-2-7-13-17)18-14-8-3-9-15-18;/h16-18H,1-15H2;1H. The van der Waals surface area contributed by atoms with Crippen molar-refractivity contribution in [2.75, 3.05) is 0 Å². The molecule has 0 radical (unpaired) electrons. The summed E-state index contributed by atoms with van der Waals surface area (Å²) in [6.45, 7) is 0. The van der Waals surface area contributed by atoms with Gasteiger partial charge in [0.15, 0.2) is 0 Å². The molecule has 0 nitrogen and oxygen atoms in total. The molecule has 2 heteroatoms. The van der Waals surface area contributed by atoms with Crippen LogP contribution in [0.15, 0.2) is 0 Å². The Kier molecular flexibility index (Phi) is 7.68. The van der Waals surface area contributed by atoms with E-state index in [1.54, 1.807) is 77.0 Å². The van der Waals surface area contributed by atoms with Gasteiger partial charge in [0.1, 0.15) is 0 Å². The van der Waals surface area contributed by atoms with Crippen LogP contribution in [0.3, 0.4) is 0 Å². The average molecular weight is 317 g/mol. The molecule has 0 N–H and O–H groups in total. The third-order valence-electron chi connectivity index (χ3n) is 5.99. The fraction of sp³-hybridized carbons (Fsp3) is 1.00. The topological polar surface area (TPSA) is 0 Å². The zero-order valence-electron chi connectivity index (χ0n) is 13.2. The third kappa shape index (κ3) is 4.36. The smallest absolute Gasteiger partial charge is 0.0204 e. The van der Waals surface area contributed by atoms with Crippen molar-refractivity contribution in [1.82, 2.24) is 0 Å². The van der Waals surface area contributed by atoms with Crippen molar-refractivity contribution in [2.45, 2.75) is 113 Å². The van der Waals surface area contributed by atoms with Crippen molar-refractivity contribution in [2.24, 2.45) is 0 Å². The molecular weight excluding hydrogens is 283 g/mol. The van der Waals surface area contributed by atoms with E-state index < -0.39 is 0 Å². The molecule has 3 saturated carbocycles. The fourth-order valence-electron chi connectivity index (χ4n) is 5.03. The quantitative estimate of drug-likeness (QED) is 0.497. The highest BCUT2D eigenvalue weighted by atomic mass is 35.5. The van der Waals surface area contributed by atoms with Crippen molar-refractivity contribution in [3.05, 3.63) is 0 Å². The Bertz CT molecular complexity index is 207. The molecule has 0 atom stereocenters. The van der Waals surface area contributed by atoms with Gasteiger partial charge in [0, 0.05) is 0 Å². The van der Waals surface area contributed by atoms with Gasteiger partial charge in [-0.15, -0.1) is 12.4 Å². The van der Waals surface area contributed by atoms with Gasteiger partial charge in [-0.1, -0.05) is 65.7 Å². The maximum Gasteiger partial charge on any atom is -0.0204 e. The van der Waals surface area contributed by atoms with Crippen molar-refractivity contribution >= 4 is 20.3 Å². The average Bonchev–Trinajstić information content (AvgIpc) is 2.51. The molecule has 3 rings (SSSR count). The normalized spacial score (nSPS) is 27.4. The van der Waals surface area contributed by atoms with Crippen molar-refractivity contribution < 1.29 is 0 Å². The van der Waals surface area contributed by atoms with Crippen LogP contribution in [0.2, 0.25) is 0 Å².